The Morgan fingerprint density at radius 3 is 2.58 bits per heavy atom. The zero-order chi connectivity index (χ0) is 13.7. The van der Waals surface area contributed by atoms with Crippen LogP contribution in [0.2, 0.25) is 0 Å². The smallest absolute Gasteiger partial charge is 0.139 e. The van der Waals surface area contributed by atoms with Crippen molar-refractivity contribution >= 4 is 0 Å². The van der Waals surface area contributed by atoms with E-state index in [-0.39, 0.29) is 0 Å². The standard InChI is InChI=1S/C16H23N3/c1-13(2)18-11-14(3)12-19-10-9-17-16(19)15-7-5-4-6-8-15/h4-10,13-14,18H,11-12H2,1-3H3. The Balaban J connectivity index is 2.04. The van der Waals surface area contributed by atoms with Gasteiger partial charge in [0.25, 0.3) is 0 Å². The van der Waals surface area contributed by atoms with Crippen LogP contribution in [-0.2, 0) is 6.54 Å². The van der Waals surface area contributed by atoms with E-state index in [4.69, 9.17) is 0 Å². The molecule has 2 rings (SSSR count). The highest BCUT2D eigenvalue weighted by molar-refractivity contribution is 5.55. The van der Waals surface area contributed by atoms with E-state index in [0.717, 1.165) is 18.9 Å². The van der Waals surface area contributed by atoms with Crippen molar-refractivity contribution in [3.05, 3.63) is 42.7 Å². The van der Waals surface area contributed by atoms with Gasteiger partial charge in [-0.1, -0.05) is 51.1 Å². The van der Waals surface area contributed by atoms with Crippen LogP contribution < -0.4 is 5.32 Å². The minimum atomic E-state index is 0.541. The Morgan fingerprint density at radius 1 is 1.16 bits per heavy atom. The minimum absolute atomic E-state index is 0.541. The third kappa shape index (κ3) is 3.93. The number of benzene rings is 1. The molecule has 0 aliphatic rings. The van der Waals surface area contributed by atoms with Crippen LogP contribution in [0.5, 0.6) is 0 Å². The maximum atomic E-state index is 4.48. The fraction of sp³-hybridized carbons (Fsp3) is 0.438. The van der Waals surface area contributed by atoms with Crippen molar-refractivity contribution in [3.8, 4) is 11.4 Å². The molecule has 1 unspecified atom stereocenters. The molecule has 3 nitrogen and oxygen atoms in total. The monoisotopic (exact) mass is 257 g/mol. The molecule has 3 heteroatoms. The van der Waals surface area contributed by atoms with E-state index >= 15 is 0 Å². The van der Waals surface area contributed by atoms with Crippen molar-refractivity contribution in [2.45, 2.75) is 33.4 Å². The Morgan fingerprint density at radius 2 is 1.89 bits per heavy atom. The number of nitrogens with zero attached hydrogens (tertiary/aromatic N) is 2. The van der Waals surface area contributed by atoms with Gasteiger partial charge in [-0.05, 0) is 12.5 Å². The van der Waals surface area contributed by atoms with E-state index in [1.54, 1.807) is 0 Å². The van der Waals surface area contributed by atoms with E-state index in [2.05, 4.69) is 66.1 Å². The van der Waals surface area contributed by atoms with Crippen LogP contribution in [0.15, 0.2) is 42.7 Å². The van der Waals surface area contributed by atoms with Gasteiger partial charge in [-0.25, -0.2) is 4.98 Å². The van der Waals surface area contributed by atoms with Gasteiger partial charge in [0.15, 0.2) is 0 Å². The summed E-state index contributed by atoms with van der Waals surface area (Å²) in [4.78, 5) is 4.48. The molecule has 0 fully saturated rings. The SMILES string of the molecule is CC(CNC(C)C)Cn1ccnc1-c1ccccc1. The molecule has 1 atom stereocenters. The van der Waals surface area contributed by atoms with Crippen molar-refractivity contribution in [1.82, 2.24) is 14.9 Å². The predicted octanol–water partition coefficient (Wildman–Crippen LogP) is 3.18. The Hall–Kier alpha value is -1.61. The normalized spacial score (nSPS) is 12.8. The largest absolute Gasteiger partial charge is 0.331 e. The summed E-state index contributed by atoms with van der Waals surface area (Å²) in [5.41, 5.74) is 1.18. The van der Waals surface area contributed by atoms with E-state index in [1.807, 2.05) is 12.3 Å². The lowest BCUT2D eigenvalue weighted by Gasteiger charge is -2.17. The summed E-state index contributed by atoms with van der Waals surface area (Å²) in [5.74, 6) is 1.64. The van der Waals surface area contributed by atoms with Gasteiger partial charge in [0.05, 0.1) is 0 Å². The van der Waals surface area contributed by atoms with Crippen LogP contribution in [0.4, 0.5) is 0 Å². The molecule has 102 valence electrons. The first-order valence-electron chi connectivity index (χ1n) is 6.96. The van der Waals surface area contributed by atoms with E-state index in [0.29, 0.717) is 12.0 Å². The highest BCUT2D eigenvalue weighted by Crippen LogP contribution is 2.17. The molecule has 0 aliphatic carbocycles. The average molecular weight is 257 g/mol. The minimum Gasteiger partial charge on any atom is -0.331 e. The molecule has 2 aromatic rings. The predicted molar refractivity (Wildman–Crippen MR) is 80.0 cm³/mol. The molecule has 1 aromatic carbocycles. The molecule has 0 radical (unpaired) electrons. The molecule has 1 N–H and O–H groups in total. The van der Waals surface area contributed by atoms with Crippen LogP contribution in [0.3, 0.4) is 0 Å². The van der Waals surface area contributed by atoms with Gasteiger partial charge in [0, 0.05) is 30.5 Å². The van der Waals surface area contributed by atoms with Gasteiger partial charge in [0.1, 0.15) is 5.82 Å². The van der Waals surface area contributed by atoms with Gasteiger partial charge < -0.3 is 9.88 Å². The Kier molecular flexibility index (Phi) is 4.74. The molecule has 0 bridgehead atoms. The zero-order valence-corrected chi connectivity index (χ0v) is 12.0. The highest BCUT2D eigenvalue weighted by Gasteiger charge is 2.09. The second kappa shape index (κ2) is 6.53. The summed E-state index contributed by atoms with van der Waals surface area (Å²) >= 11 is 0. The third-order valence-corrected chi connectivity index (χ3v) is 3.13. The second-order valence-corrected chi connectivity index (χ2v) is 5.44. The van der Waals surface area contributed by atoms with Crippen LogP contribution in [0, 0.1) is 5.92 Å². The lowest BCUT2D eigenvalue weighted by atomic mass is 10.1. The highest BCUT2D eigenvalue weighted by atomic mass is 15.1. The van der Waals surface area contributed by atoms with Crippen LogP contribution in [0.1, 0.15) is 20.8 Å². The maximum Gasteiger partial charge on any atom is 0.139 e. The average Bonchev–Trinajstić information content (AvgIpc) is 2.85. The van der Waals surface area contributed by atoms with Gasteiger partial charge in [0.2, 0.25) is 0 Å². The lowest BCUT2D eigenvalue weighted by Crippen LogP contribution is -2.29. The molecule has 1 aromatic heterocycles. The van der Waals surface area contributed by atoms with Crippen LogP contribution in [-0.4, -0.2) is 22.1 Å². The summed E-state index contributed by atoms with van der Waals surface area (Å²) in [5, 5.41) is 3.48. The fourth-order valence-corrected chi connectivity index (χ4v) is 2.14. The molecular weight excluding hydrogens is 234 g/mol. The molecule has 0 aliphatic heterocycles. The molecular formula is C16H23N3. The van der Waals surface area contributed by atoms with E-state index in [9.17, 15) is 0 Å². The molecule has 0 saturated carbocycles. The number of nitrogens with one attached hydrogen (secondary N) is 1. The Labute approximate surface area is 115 Å². The summed E-state index contributed by atoms with van der Waals surface area (Å²) in [7, 11) is 0. The number of rotatable bonds is 6. The maximum absolute atomic E-state index is 4.48. The first-order chi connectivity index (χ1) is 9.16. The van der Waals surface area contributed by atoms with Gasteiger partial charge >= 0.3 is 0 Å². The fourth-order valence-electron chi connectivity index (χ4n) is 2.14. The summed E-state index contributed by atoms with van der Waals surface area (Å²) in [6.07, 6.45) is 3.94. The second-order valence-electron chi connectivity index (χ2n) is 5.44. The molecule has 19 heavy (non-hydrogen) atoms. The van der Waals surface area contributed by atoms with E-state index < -0.39 is 0 Å². The van der Waals surface area contributed by atoms with Crippen molar-refractivity contribution in [3.63, 3.8) is 0 Å². The van der Waals surface area contributed by atoms with Crippen molar-refractivity contribution in [1.29, 1.82) is 0 Å². The zero-order valence-electron chi connectivity index (χ0n) is 12.0. The Bertz CT molecular complexity index is 488. The van der Waals surface area contributed by atoms with Crippen molar-refractivity contribution < 1.29 is 0 Å². The van der Waals surface area contributed by atoms with Gasteiger partial charge in [-0.3, -0.25) is 0 Å². The number of imidazole rings is 1. The van der Waals surface area contributed by atoms with Gasteiger partial charge in [-0.15, -0.1) is 0 Å². The first-order valence-corrected chi connectivity index (χ1v) is 6.96. The number of hydrogen-bond acceptors (Lipinski definition) is 2. The van der Waals surface area contributed by atoms with Crippen molar-refractivity contribution in [2.75, 3.05) is 6.54 Å². The summed E-state index contributed by atoms with van der Waals surface area (Å²) < 4.78 is 2.24. The number of aromatic nitrogens is 2. The molecule has 0 amide bonds. The summed E-state index contributed by atoms with van der Waals surface area (Å²) in [6, 6.07) is 10.9. The molecule has 0 spiro atoms. The molecule has 1 heterocycles. The third-order valence-electron chi connectivity index (χ3n) is 3.13. The lowest BCUT2D eigenvalue weighted by molar-refractivity contribution is 0.427. The van der Waals surface area contributed by atoms with Crippen LogP contribution >= 0.6 is 0 Å². The van der Waals surface area contributed by atoms with Gasteiger partial charge in [-0.2, -0.15) is 0 Å². The van der Waals surface area contributed by atoms with Crippen molar-refractivity contribution in [2.24, 2.45) is 5.92 Å². The quantitative estimate of drug-likeness (QED) is 0.861. The first kappa shape index (κ1) is 13.8. The summed E-state index contributed by atoms with van der Waals surface area (Å²) in [6.45, 7) is 8.65. The molecule has 0 saturated heterocycles. The van der Waals surface area contributed by atoms with Crippen LogP contribution in [0.25, 0.3) is 11.4 Å². The number of hydrogen-bond donors (Lipinski definition) is 1. The topological polar surface area (TPSA) is 29.9 Å². The van der Waals surface area contributed by atoms with E-state index in [1.165, 1.54) is 5.56 Å².